The van der Waals surface area contributed by atoms with E-state index < -0.39 is 15.4 Å². The number of hydrogen-bond acceptors (Lipinski definition) is 8. The smallest absolute Gasteiger partial charge is 0.312 e. The number of rotatable bonds is 6. The van der Waals surface area contributed by atoms with Crippen LogP contribution >= 0.6 is 22.9 Å². The molecular formula is C26H32ClN5O4S2. The van der Waals surface area contributed by atoms with Crippen molar-refractivity contribution in [3.8, 4) is 0 Å². The molecule has 0 amide bonds. The number of halogens is 1. The summed E-state index contributed by atoms with van der Waals surface area (Å²) in [4.78, 5) is 22.5. The van der Waals surface area contributed by atoms with Gasteiger partial charge in [-0.15, -0.1) is 11.3 Å². The molecule has 3 aliphatic heterocycles. The summed E-state index contributed by atoms with van der Waals surface area (Å²) in [5.41, 5.74) is 1.94. The lowest BCUT2D eigenvalue weighted by Crippen LogP contribution is -2.47. The van der Waals surface area contributed by atoms with Crippen LogP contribution in [0.3, 0.4) is 0 Å². The van der Waals surface area contributed by atoms with Crippen LogP contribution in [-0.4, -0.2) is 84.9 Å². The Morgan fingerprint density at radius 1 is 1.11 bits per heavy atom. The van der Waals surface area contributed by atoms with Gasteiger partial charge in [0.2, 0.25) is 0 Å². The minimum Gasteiger partial charge on any atom is -0.462 e. The van der Waals surface area contributed by atoms with Crippen LogP contribution < -0.4 is 4.90 Å². The summed E-state index contributed by atoms with van der Waals surface area (Å²) in [5.74, 6) is -0.175. The van der Waals surface area contributed by atoms with E-state index in [1.54, 1.807) is 11.6 Å². The zero-order valence-corrected chi connectivity index (χ0v) is 23.8. The molecule has 6 rings (SSSR count). The van der Waals surface area contributed by atoms with Gasteiger partial charge in [0.15, 0.2) is 15.1 Å². The molecule has 0 unspecified atom stereocenters. The minimum atomic E-state index is -3.83. The van der Waals surface area contributed by atoms with Crippen LogP contribution in [0.1, 0.15) is 31.2 Å². The van der Waals surface area contributed by atoms with Crippen molar-refractivity contribution in [2.24, 2.45) is 5.41 Å². The summed E-state index contributed by atoms with van der Waals surface area (Å²) in [6.45, 7) is 7.47. The number of anilines is 1. The summed E-state index contributed by atoms with van der Waals surface area (Å²) >= 11 is 7.54. The van der Waals surface area contributed by atoms with E-state index in [0.717, 1.165) is 39.1 Å². The van der Waals surface area contributed by atoms with Crippen LogP contribution in [0.2, 0.25) is 5.15 Å². The number of ether oxygens (including phenoxy) is 1. The number of aryl methyl sites for hydroxylation is 1. The number of thiazole rings is 1. The number of piperidine rings is 1. The second kappa shape index (κ2) is 10.1. The van der Waals surface area contributed by atoms with Crippen molar-refractivity contribution in [2.75, 3.05) is 50.7 Å². The molecule has 0 radical (unpaired) electrons. The third kappa shape index (κ3) is 4.72. The number of hydrogen-bond donors (Lipinski definition) is 0. The van der Waals surface area contributed by atoms with Crippen molar-refractivity contribution >= 4 is 49.6 Å². The molecule has 1 aromatic carbocycles. The van der Waals surface area contributed by atoms with E-state index in [0.29, 0.717) is 24.2 Å². The fourth-order valence-electron chi connectivity index (χ4n) is 5.96. The van der Waals surface area contributed by atoms with Gasteiger partial charge in [0.25, 0.3) is 10.0 Å². The fraction of sp³-hybridized carbons (Fsp3) is 0.538. The Morgan fingerprint density at radius 3 is 2.53 bits per heavy atom. The predicted octanol–water partition coefficient (Wildman–Crippen LogP) is 3.66. The highest BCUT2D eigenvalue weighted by atomic mass is 35.5. The number of cyclic esters (lactones) is 1. The lowest BCUT2D eigenvalue weighted by atomic mass is 9.76. The van der Waals surface area contributed by atoms with Gasteiger partial charge in [-0.05, 0) is 38.3 Å². The Hall–Kier alpha value is -2.18. The standard InChI is InChI=1S/C26H32ClN5O4S2/c1-19-2-4-20(5-3-19)30-14-12-29(13-15-30)9-6-21-18-26(24(33)36-21)7-10-31(11-8-26)38(34,35)23-22(27)28-25-32(23)16-17-37-25/h2-5,16-17,21H,6-15,18H2,1H3/t21-/m1/s1. The molecule has 5 heterocycles. The third-order valence-electron chi connectivity index (χ3n) is 8.31. The van der Waals surface area contributed by atoms with Gasteiger partial charge in [0.05, 0.1) is 5.41 Å². The van der Waals surface area contributed by atoms with Crippen LogP contribution in [0.15, 0.2) is 40.9 Å². The van der Waals surface area contributed by atoms with E-state index in [2.05, 4.69) is 46.0 Å². The van der Waals surface area contributed by atoms with E-state index in [1.807, 2.05) is 0 Å². The molecule has 204 valence electrons. The first-order valence-corrected chi connectivity index (χ1v) is 15.8. The van der Waals surface area contributed by atoms with Crippen molar-refractivity contribution < 1.29 is 17.9 Å². The SMILES string of the molecule is Cc1ccc(N2CCN(CC[C@@H]3CC4(CCN(S(=O)(=O)c5c(Cl)nc6sccn56)CC4)C(=O)O3)CC2)cc1. The van der Waals surface area contributed by atoms with Crippen molar-refractivity contribution in [1.82, 2.24) is 18.6 Å². The third-order valence-corrected chi connectivity index (χ3v) is 11.4. The topological polar surface area (TPSA) is 87.5 Å². The van der Waals surface area contributed by atoms with Gasteiger partial charge in [0, 0.05) is 69.5 Å². The normalized spacial score (nSPS) is 22.9. The number of esters is 1. The first kappa shape index (κ1) is 26.1. The Labute approximate surface area is 232 Å². The molecule has 0 saturated carbocycles. The molecule has 3 fully saturated rings. The van der Waals surface area contributed by atoms with Crippen molar-refractivity contribution in [2.45, 2.75) is 43.7 Å². The average Bonchev–Trinajstić information content (AvgIpc) is 3.56. The highest BCUT2D eigenvalue weighted by Gasteiger charge is 2.51. The maximum atomic E-state index is 13.4. The van der Waals surface area contributed by atoms with E-state index >= 15 is 0 Å². The molecule has 1 atom stereocenters. The number of benzene rings is 1. The molecule has 0 N–H and O–H groups in total. The van der Waals surface area contributed by atoms with Crippen LogP contribution in [0.25, 0.3) is 4.96 Å². The van der Waals surface area contributed by atoms with Crippen LogP contribution in [-0.2, 0) is 19.6 Å². The molecule has 3 aromatic rings. The van der Waals surface area contributed by atoms with E-state index in [4.69, 9.17) is 16.3 Å². The molecule has 9 nitrogen and oxygen atoms in total. The van der Waals surface area contributed by atoms with Gasteiger partial charge in [-0.1, -0.05) is 29.3 Å². The molecular weight excluding hydrogens is 546 g/mol. The van der Waals surface area contributed by atoms with E-state index in [9.17, 15) is 13.2 Å². The zero-order chi connectivity index (χ0) is 26.5. The average molecular weight is 578 g/mol. The van der Waals surface area contributed by atoms with Gasteiger partial charge in [-0.3, -0.25) is 14.1 Å². The first-order chi connectivity index (χ1) is 18.2. The number of nitrogens with zero attached hydrogens (tertiary/aromatic N) is 5. The van der Waals surface area contributed by atoms with Crippen molar-refractivity contribution in [3.63, 3.8) is 0 Å². The number of sulfonamides is 1. The number of fused-ring (bicyclic) bond motifs is 1. The maximum absolute atomic E-state index is 13.4. The van der Waals surface area contributed by atoms with Gasteiger partial charge in [-0.25, -0.2) is 13.4 Å². The molecule has 3 aliphatic rings. The Morgan fingerprint density at radius 2 is 1.82 bits per heavy atom. The monoisotopic (exact) mass is 577 g/mol. The quantitative estimate of drug-likeness (QED) is 0.413. The van der Waals surface area contributed by atoms with Gasteiger partial charge < -0.3 is 9.64 Å². The summed E-state index contributed by atoms with van der Waals surface area (Å²) in [6.07, 6.45) is 3.93. The largest absolute Gasteiger partial charge is 0.462 e. The van der Waals surface area contributed by atoms with Gasteiger partial charge >= 0.3 is 5.97 Å². The Kier molecular flexibility index (Phi) is 6.92. The molecule has 2 aromatic heterocycles. The Bertz CT molecular complexity index is 1420. The number of carbonyl (C=O) groups is 1. The number of imidazole rings is 1. The summed E-state index contributed by atoms with van der Waals surface area (Å²) < 4.78 is 35.6. The summed E-state index contributed by atoms with van der Waals surface area (Å²) in [5, 5.41) is 1.76. The van der Waals surface area contributed by atoms with Crippen molar-refractivity contribution in [3.05, 3.63) is 46.6 Å². The fourth-order valence-corrected chi connectivity index (χ4v) is 8.81. The second-order valence-electron chi connectivity index (χ2n) is 10.6. The van der Waals surface area contributed by atoms with E-state index in [-0.39, 0.29) is 35.3 Å². The maximum Gasteiger partial charge on any atom is 0.312 e. The molecule has 0 aliphatic carbocycles. The van der Waals surface area contributed by atoms with Gasteiger partial charge in [0.1, 0.15) is 6.10 Å². The molecule has 12 heteroatoms. The molecule has 38 heavy (non-hydrogen) atoms. The highest BCUT2D eigenvalue weighted by Crippen LogP contribution is 2.45. The van der Waals surface area contributed by atoms with Crippen LogP contribution in [0.5, 0.6) is 0 Å². The lowest BCUT2D eigenvalue weighted by Gasteiger charge is -2.36. The Balaban J connectivity index is 1.02. The second-order valence-corrected chi connectivity index (χ2v) is 13.7. The molecule has 3 saturated heterocycles. The number of aromatic nitrogens is 2. The summed E-state index contributed by atoms with van der Waals surface area (Å²) in [6, 6.07) is 8.68. The molecule has 1 spiro atoms. The lowest BCUT2D eigenvalue weighted by molar-refractivity contribution is -0.150. The van der Waals surface area contributed by atoms with Gasteiger partial charge in [-0.2, -0.15) is 4.31 Å². The van der Waals surface area contributed by atoms with Crippen LogP contribution in [0.4, 0.5) is 5.69 Å². The summed E-state index contributed by atoms with van der Waals surface area (Å²) in [7, 11) is -3.83. The molecule has 0 bridgehead atoms. The predicted molar refractivity (Wildman–Crippen MR) is 147 cm³/mol. The first-order valence-electron chi connectivity index (χ1n) is 13.1. The number of piperazine rings is 1. The zero-order valence-electron chi connectivity index (χ0n) is 21.4. The van der Waals surface area contributed by atoms with Crippen molar-refractivity contribution in [1.29, 1.82) is 0 Å². The van der Waals surface area contributed by atoms with Crippen LogP contribution in [0, 0.1) is 12.3 Å². The number of carbonyl (C=O) groups excluding carboxylic acids is 1. The van der Waals surface area contributed by atoms with E-state index in [1.165, 1.54) is 31.3 Å². The highest BCUT2D eigenvalue weighted by molar-refractivity contribution is 7.89. The minimum absolute atomic E-state index is 0.000664.